The van der Waals surface area contributed by atoms with Crippen LogP contribution in [0, 0.1) is 5.92 Å². The number of anilines is 4. The van der Waals surface area contributed by atoms with Crippen molar-refractivity contribution in [1.82, 2.24) is 15.2 Å². The lowest BCUT2D eigenvalue weighted by atomic mass is 9.99. The standard InChI is InChI=1S/C23H28N6/c1-17-12-14-29(15-13-17)21-10-8-20(9-11-21)26-22-16-24-28-23(27-22)25-18(2)19-6-4-3-5-7-19/h3-11,16-18H,12-15H2,1-2H3,(H2,25,26,27,28). The molecule has 1 atom stereocenters. The van der Waals surface area contributed by atoms with Crippen molar-refractivity contribution in [2.24, 2.45) is 5.92 Å². The molecule has 6 nitrogen and oxygen atoms in total. The van der Waals surface area contributed by atoms with Crippen LogP contribution in [0.4, 0.5) is 23.1 Å². The molecule has 2 aromatic carbocycles. The molecule has 1 fully saturated rings. The summed E-state index contributed by atoms with van der Waals surface area (Å²) in [6.45, 7) is 6.69. The Hall–Kier alpha value is -3.15. The Bertz CT molecular complexity index is 904. The summed E-state index contributed by atoms with van der Waals surface area (Å²) in [4.78, 5) is 7.01. The highest BCUT2D eigenvalue weighted by atomic mass is 15.3. The SMILES string of the molecule is CC1CCN(c2ccc(Nc3cnnc(NC(C)c4ccccc4)n3)cc2)CC1. The highest BCUT2D eigenvalue weighted by Gasteiger charge is 2.16. The fourth-order valence-corrected chi connectivity index (χ4v) is 3.61. The van der Waals surface area contributed by atoms with Gasteiger partial charge >= 0.3 is 0 Å². The van der Waals surface area contributed by atoms with Crippen LogP contribution in [0.2, 0.25) is 0 Å². The first-order valence-corrected chi connectivity index (χ1v) is 10.3. The van der Waals surface area contributed by atoms with Gasteiger partial charge in [-0.2, -0.15) is 10.1 Å². The lowest BCUT2D eigenvalue weighted by Gasteiger charge is -2.32. The number of aromatic nitrogens is 3. The molecule has 0 bridgehead atoms. The van der Waals surface area contributed by atoms with Crippen LogP contribution < -0.4 is 15.5 Å². The minimum absolute atomic E-state index is 0.0970. The van der Waals surface area contributed by atoms with Gasteiger partial charge in [0.05, 0.1) is 12.2 Å². The van der Waals surface area contributed by atoms with Gasteiger partial charge in [-0.15, -0.1) is 5.10 Å². The summed E-state index contributed by atoms with van der Waals surface area (Å²) in [5.41, 5.74) is 3.45. The molecule has 1 aliphatic heterocycles. The number of hydrogen-bond acceptors (Lipinski definition) is 6. The van der Waals surface area contributed by atoms with E-state index in [2.05, 4.69) is 81.0 Å². The van der Waals surface area contributed by atoms with Gasteiger partial charge in [0.2, 0.25) is 5.95 Å². The van der Waals surface area contributed by atoms with E-state index in [1.54, 1.807) is 6.20 Å². The predicted octanol–water partition coefficient (Wildman–Crippen LogP) is 5.02. The minimum atomic E-state index is 0.0970. The lowest BCUT2D eigenvalue weighted by molar-refractivity contribution is 0.438. The second-order valence-electron chi connectivity index (χ2n) is 7.78. The van der Waals surface area contributed by atoms with E-state index >= 15 is 0 Å². The zero-order chi connectivity index (χ0) is 20.1. The van der Waals surface area contributed by atoms with E-state index in [1.807, 2.05) is 18.2 Å². The smallest absolute Gasteiger partial charge is 0.245 e. The topological polar surface area (TPSA) is 66.0 Å². The fraction of sp³-hybridized carbons (Fsp3) is 0.348. The summed E-state index contributed by atoms with van der Waals surface area (Å²) in [5.74, 6) is 2.01. The minimum Gasteiger partial charge on any atom is -0.372 e. The molecular formula is C23H28N6. The Morgan fingerprint density at radius 3 is 2.45 bits per heavy atom. The number of nitrogens with one attached hydrogen (secondary N) is 2. The molecule has 1 aliphatic rings. The van der Waals surface area contributed by atoms with Crippen molar-refractivity contribution in [3.05, 3.63) is 66.4 Å². The third-order valence-corrected chi connectivity index (χ3v) is 5.49. The fourth-order valence-electron chi connectivity index (χ4n) is 3.61. The quantitative estimate of drug-likeness (QED) is 0.618. The van der Waals surface area contributed by atoms with Crippen molar-refractivity contribution in [2.75, 3.05) is 28.6 Å². The summed E-state index contributed by atoms with van der Waals surface area (Å²) in [7, 11) is 0. The van der Waals surface area contributed by atoms with Crippen molar-refractivity contribution in [2.45, 2.75) is 32.7 Å². The molecule has 6 heteroatoms. The van der Waals surface area contributed by atoms with Crippen LogP contribution in [0.3, 0.4) is 0 Å². The first-order valence-electron chi connectivity index (χ1n) is 10.3. The molecule has 4 rings (SSSR count). The predicted molar refractivity (Wildman–Crippen MR) is 119 cm³/mol. The summed E-state index contributed by atoms with van der Waals surface area (Å²) in [6, 6.07) is 18.8. The van der Waals surface area contributed by atoms with Crippen LogP contribution in [0.15, 0.2) is 60.8 Å². The molecule has 0 aliphatic carbocycles. The van der Waals surface area contributed by atoms with Crippen LogP contribution in [0.1, 0.15) is 38.3 Å². The van der Waals surface area contributed by atoms with Gasteiger partial charge in [0.15, 0.2) is 5.82 Å². The van der Waals surface area contributed by atoms with Crippen molar-refractivity contribution in [3.63, 3.8) is 0 Å². The largest absolute Gasteiger partial charge is 0.372 e. The normalized spacial score (nSPS) is 15.7. The van der Waals surface area contributed by atoms with E-state index in [0.29, 0.717) is 11.8 Å². The number of nitrogens with zero attached hydrogens (tertiary/aromatic N) is 4. The molecule has 1 aromatic heterocycles. The number of hydrogen-bond donors (Lipinski definition) is 2. The number of rotatable bonds is 6. The average molecular weight is 389 g/mol. The summed E-state index contributed by atoms with van der Waals surface area (Å²) in [6.07, 6.45) is 4.17. The molecular weight excluding hydrogens is 360 g/mol. The highest BCUT2D eigenvalue weighted by molar-refractivity contribution is 5.61. The zero-order valence-corrected chi connectivity index (χ0v) is 17.0. The molecule has 1 unspecified atom stereocenters. The summed E-state index contributed by atoms with van der Waals surface area (Å²) >= 11 is 0. The van der Waals surface area contributed by atoms with Crippen LogP contribution in [-0.4, -0.2) is 28.3 Å². The van der Waals surface area contributed by atoms with E-state index in [4.69, 9.17) is 0 Å². The maximum Gasteiger partial charge on any atom is 0.245 e. The summed E-state index contributed by atoms with van der Waals surface area (Å²) in [5, 5.41) is 14.8. The van der Waals surface area contributed by atoms with Crippen LogP contribution in [-0.2, 0) is 0 Å². The third-order valence-electron chi connectivity index (χ3n) is 5.49. The number of benzene rings is 2. The van der Waals surface area contributed by atoms with Gasteiger partial charge in [0, 0.05) is 24.5 Å². The third kappa shape index (κ3) is 5.02. The first-order chi connectivity index (χ1) is 14.2. The van der Waals surface area contributed by atoms with Crippen molar-refractivity contribution in [1.29, 1.82) is 0 Å². The second-order valence-corrected chi connectivity index (χ2v) is 7.78. The van der Waals surface area contributed by atoms with Gasteiger partial charge < -0.3 is 15.5 Å². The van der Waals surface area contributed by atoms with E-state index < -0.39 is 0 Å². The monoisotopic (exact) mass is 388 g/mol. The molecule has 0 spiro atoms. The Balaban J connectivity index is 1.39. The Morgan fingerprint density at radius 1 is 1.00 bits per heavy atom. The average Bonchev–Trinajstić information content (AvgIpc) is 2.76. The van der Waals surface area contributed by atoms with Crippen LogP contribution >= 0.6 is 0 Å². The molecule has 1 saturated heterocycles. The Morgan fingerprint density at radius 2 is 1.72 bits per heavy atom. The molecule has 0 amide bonds. The Labute approximate surface area is 172 Å². The van der Waals surface area contributed by atoms with Gasteiger partial charge in [-0.1, -0.05) is 37.3 Å². The second kappa shape index (κ2) is 8.90. The first kappa shape index (κ1) is 19.2. The van der Waals surface area contributed by atoms with E-state index in [1.165, 1.54) is 24.1 Å². The lowest BCUT2D eigenvalue weighted by Crippen LogP contribution is -2.32. The molecule has 150 valence electrons. The van der Waals surface area contributed by atoms with Crippen LogP contribution in [0.5, 0.6) is 0 Å². The van der Waals surface area contributed by atoms with Gasteiger partial charge in [-0.25, -0.2) is 0 Å². The molecule has 0 saturated carbocycles. The Kier molecular flexibility index (Phi) is 5.89. The van der Waals surface area contributed by atoms with Crippen molar-refractivity contribution in [3.8, 4) is 0 Å². The van der Waals surface area contributed by atoms with Gasteiger partial charge in [-0.05, 0) is 55.5 Å². The molecule has 0 radical (unpaired) electrons. The van der Waals surface area contributed by atoms with E-state index in [-0.39, 0.29) is 6.04 Å². The number of piperidine rings is 1. The summed E-state index contributed by atoms with van der Waals surface area (Å²) < 4.78 is 0. The maximum atomic E-state index is 4.55. The van der Waals surface area contributed by atoms with Gasteiger partial charge in [0.1, 0.15) is 0 Å². The maximum absolute atomic E-state index is 4.55. The molecule has 2 heterocycles. The zero-order valence-electron chi connectivity index (χ0n) is 17.0. The van der Waals surface area contributed by atoms with E-state index in [0.717, 1.165) is 24.7 Å². The van der Waals surface area contributed by atoms with Gasteiger partial charge in [0.25, 0.3) is 0 Å². The molecule has 2 N–H and O–H groups in total. The highest BCUT2D eigenvalue weighted by Crippen LogP contribution is 2.25. The van der Waals surface area contributed by atoms with Crippen LogP contribution in [0.25, 0.3) is 0 Å². The molecule has 3 aromatic rings. The van der Waals surface area contributed by atoms with Crippen molar-refractivity contribution < 1.29 is 0 Å². The molecule has 29 heavy (non-hydrogen) atoms. The van der Waals surface area contributed by atoms with Gasteiger partial charge in [-0.3, -0.25) is 0 Å². The van der Waals surface area contributed by atoms with E-state index in [9.17, 15) is 0 Å². The van der Waals surface area contributed by atoms with Crippen molar-refractivity contribution >= 4 is 23.1 Å².